The zero-order valence-electron chi connectivity index (χ0n) is 13.0. The lowest BCUT2D eigenvalue weighted by molar-refractivity contribution is 0.261. The lowest BCUT2D eigenvalue weighted by Crippen LogP contribution is -2.34. The highest BCUT2D eigenvalue weighted by Crippen LogP contribution is 2.51. The highest BCUT2D eigenvalue weighted by molar-refractivity contribution is 5.43. The van der Waals surface area contributed by atoms with Crippen LogP contribution < -0.4 is 4.74 Å². The van der Waals surface area contributed by atoms with Crippen molar-refractivity contribution in [3.05, 3.63) is 65.7 Å². The third kappa shape index (κ3) is 2.57. The Kier molecular flexibility index (Phi) is 4.01. The Labute approximate surface area is 128 Å². The molecule has 0 N–H and O–H groups in total. The van der Waals surface area contributed by atoms with Gasteiger partial charge in [-0.2, -0.15) is 0 Å². The average molecular weight is 280 g/mol. The lowest BCUT2D eigenvalue weighted by Gasteiger charge is -2.43. The summed E-state index contributed by atoms with van der Waals surface area (Å²) in [5, 5.41) is 0. The van der Waals surface area contributed by atoms with Crippen molar-refractivity contribution in [2.45, 2.75) is 43.9 Å². The number of methoxy groups -OCH3 is 1. The molecule has 2 atom stereocenters. The minimum Gasteiger partial charge on any atom is -0.496 e. The molecule has 0 aromatic heterocycles. The van der Waals surface area contributed by atoms with E-state index in [1.807, 2.05) is 0 Å². The van der Waals surface area contributed by atoms with Gasteiger partial charge in [-0.1, -0.05) is 68.3 Å². The van der Waals surface area contributed by atoms with E-state index in [0.29, 0.717) is 5.92 Å². The molecule has 110 valence electrons. The van der Waals surface area contributed by atoms with Crippen LogP contribution in [0.1, 0.15) is 49.7 Å². The third-order valence-electron chi connectivity index (χ3n) is 5.13. The molecule has 3 rings (SSSR count). The fourth-order valence-corrected chi connectivity index (χ4v) is 3.99. The molecule has 2 unspecified atom stereocenters. The van der Waals surface area contributed by atoms with E-state index in [4.69, 9.17) is 4.74 Å². The lowest BCUT2D eigenvalue weighted by atomic mass is 9.61. The van der Waals surface area contributed by atoms with E-state index in [-0.39, 0.29) is 5.41 Å². The first kappa shape index (κ1) is 14.2. The molecule has 0 saturated heterocycles. The summed E-state index contributed by atoms with van der Waals surface area (Å²) in [6.45, 7) is 2.42. The number of para-hydroxylation sites is 1. The standard InChI is InChI=1S/C20H24O/c1-20(18-13-6-7-14-19(18)21-2)15-9-8-12-17(20)16-10-4-3-5-11-16/h3-7,10-11,13-14,17H,8-9,12,15H2,1-2H3. The van der Waals surface area contributed by atoms with E-state index >= 15 is 0 Å². The van der Waals surface area contributed by atoms with E-state index in [1.54, 1.807) is 7.11 Å². The van der Waals surface area contributed by atoms with Crippen LogP contribution in [0.5, 0.6) is 5.75 Å². The van der Waals surface area contributed by atoms with Crippen molar-refractivity contribution >= 4 is 0 Å². The maximum Gasteiger partial charge on any atom is 0.122 e. The van der Waals surface area contributed by atoms with Crippen LogP contribution in [0.25, 0.3) is 0 Å². The molecule has 1 aliphatic rings. The number of benzene rings is 2. The largest absolute Gasteiger partial charge is 0.496 e. The Bertz CT molecular complexity index is 590. The van der Waals surface area contributed by atoms with Crippen molar-refractivity contribution < 1.29 is 4.74 Å². The molecule has 0 aliphatic heterocycles. The van der Waals surface area contributed by atoms with Crippen LogP contribution in [0.15, 0.2) is 54.6 Å². The minimum absolute atomic E-state index is 0.159. The molecule has 1 fully saturated rings. The van der Waals surface area contributed by atoms with Crippen LogP contribution >= 0.6 is 0 Å². The van der Waals surface area contributed by atoms with Gasteiger partial charge in [-0.3, -0.25) is 0 Å². The predicted molar refractivity (Wildman–Crippen MR) is 88.0 cm³/mol. The molecule has 2 aromatic rings. The van der Waals surface area contributed by atoms with Crippen LogP contribution in [-0.2, 0) is 5.41 Å². The van der Waals surface area contributed by atoms with Crippen molar-refractivity contribution in [1.29, 1.82) is 0 Å². The number of hydrogen-bond acceptors (Lipinski definition) is 1. The monoisotopic (exact) mass is 280 g/mol. The van der Waals surface area contributed by atoms with Gasteiger partial charge in [0, 0.05) is 11.0 Å². The van der Waals surface area contributed by atoms with Gasteiger partial charge < -0.3 is 4.74 Å². The second-order valence-corrected chi connectivity index (χ2v) is 6.33. The fourth-order valence-electron chi connectivity index (χ4n) is 3.99. The van der Waals surface area contributed by atoms with Crippen LogP contribution in [0.4, 0.5) is 0 Å². The van der Waals surface area contributed by atoms with E-state index in [9.17, 15) is 0 Å². The molecule has 0 heterocycles. The highest BCUT2D eigenvalue weighted by atomic mass is 16.5. The molecule has 0 bridgehead atoms. The van der Waals surface area contributed by atoms with Crippen molar-refractivity contribution in [3.8, 4) is 5.75 Å². The van der Waals surface area contributed by atoms with Gasteiger partial charge in [0.2, 0.25) is 0 Å². The fraction of sp³-hybridized carbons (Fsp3) is 0.400. The molecule has 0 amide bonds. The van der Waals surface area contributed by atoms with Crippen LogP contribution in [0.3, 0.4) is 0 Å². The summed E-state index contributed by atoms with van der Waals surface area (Å²) in [4.78, 5) is 0. The van der Waals surface area contributed by atoms with E-state index in [0.717, 1.165) is 5.75 Å². The van der Waals surface area contributed by atoms with Crippen LogP contribution in [0, 0.1) is 0 Å². The van der Waals surface area contributed by atoms with Gasteiger partial charge in [0.05, 0.1) is 7.11 Å². The molecule has 1 saturated carbocycles. The van der Waals surface area contributed by atoms with Gasteiger partial charge in [-0.05, 0) is 30.4 Å². The van der Waals surface area contributed by atoms with Gasteiger partial charge >= 0.3 is 0 Å². The second kappa shape index (κ2) is 5.93. The quantitative estimate of drug-likeness (QED) is 0.740. The van der Waals surface area contributed by atoms with Gasteiger partial charge in [-0.15, -0.1) is 0 Å². The Hall–Kier alpha value is -1.76. The molecule has 0 spiro atoms. The Morgan fingerprint density at radius 3 is 2.43 bits per heavy atom. The minimum atomic E-state index is 0.159. The zero-order valence-corrected chi connectivity index (χ0v) is 13.0. The van der Waals surface area contributed by atoms with Crippen LogP contribution in [0.2, 0.25) is 0 Å². The summed E-state index contributed by atoms with van der Waals surface area (Å²) in [5.74, 6) is 1.60. The molecular formula is C20H24O. The first-order chi connectivity index (χ1) is 10.3. The normalized spacial score (nSPS) is 25.5. The number of ether oxygens (including phenoxy) is 1. The van der Waals surface area contributed by atoms with Crippen molar-refractivity contribution in [2.75, 3.05) is 7.11 Å². The average Bonchev–Trinajstić information content (AvgIpc) is 2.56. The summed E-state index contributed by atoms with van der Waals surface area (Å²) < 4.78 is 5.65. The Morgan fingerprint density at radius 1 is 0.952 bits per heavy atom. The summed E-state index contributed by atoms with van der Waals surface area (Å²) in [6, 6.07) is 19.5. The van der Waals surface area contributed by atoms with Crippen molar-refractivity contribution in [2.24, 2.45) is 0 Å². The number of hydrogen-bond donors (Lipinski definition) is 0. The highest BCUT2D eigenvalue weighted by Gasteiger charge is 2.40. The SMILES string of the molecule is COc1ccccc1C1(C)CCCCC1c1ccccc1. The summed E-state index contributed by atoms with van der Waals surface area (Å²) in [6.07, 6.45) is 5.12. The van der Waals surface area contributed by atoms with Crippen molar-refractivity contribution in [1.82, 2.24) is 0 Å². The Balaban J connectivity index is 2.07. The maximum atomic E-state index is 5.65. The molecule has 2 aromatic carbocycles. The van der Waals surface area contributed by atoms with E-state index in [1.165, 1.54) is 36.8 Å². The first-order valence-electron chi connectivity index (χ1n) is 7.94. The predicted octanol–water partition coefficient (Wildman–Crippen LogP) is 5.31. The smallest absolute Gasteiger partial charge is 0.122 e. The molecular weight excluding hydrogens is 256 g/mol. The van der Waals surface area contributed by atoms with Gasteiger partial charge in [0.15, 0.2) is 0 Å². The van der Waals surface area contributed by atoms with E-state index < -0.39 is 0 Å². The molecule has 1 nitrogen and oxygen atoms in total. The topological polar surface area (TPSA) is 9.23 Å². The summed E-state index contributed by atoms with van der Waals surface area (Å²) in [7, 11) is 1.78. The summed E-state index contributed by atoms with van der Waals surface area (Å²) in [5.41, 5.74) is 2.98. The molecule has 0 radical (unpaired) electrons. The maximum absolute atomic E-state index is 5.65. The van der Waals surface area contributed by atoms with Gasteiger partial charge in [0.1, 0.15) is 5.75 Å². The Morgan fingerprint density at radius 2 is 1.67 bits per heavy atom. The van der Waals surface area contributed by atoms with E-state index in [2.05, 4.69) is 61.5 Å². The van der Waals surface area contributed by atoms with Gasteiger partial charge in [-0.25, -0.2) is 0 Å². The van der Waals surface area contributed by atoms with Gasteiger partial charge in [0.25, 0.3) is 0 Å². The second-order valence-electron chi connectivity index (χ2n) is 6.33. The first-order valence-corrected chi connectivity index (χ1v) is 7.94. The molecule has 1 aliphatic carbocycles. The van der Waals surface area contributed by atoms with Crippen LogP contribution in [-0.4, -0.2) is 7.11 Å². The molecule has 21 heavy (non-hydrogen) atoms. The van der Waals surface area contributed by atoms with Crippen molar-refractivity contribution in [3.63, 3.8) is 0 Å². The number of rotatable bonds is 3. The zero-order chi connectivity index (χ0) is 14.7. The third-order valence-corrected chi connectivity index (χ3v) is 5.13. The summed E-state index contributed by atoms with van der Waals surface area (Å²) >= 11 is 0. The molecule has 1 heteroatoms.